The van der Waals surface area contributed by atoms with Crippen molar-refractivity contribution in [3.63, 3.8) is 0 Å². The Morgan fingerprint density at radius 3 is 2.28 bits per heavy atom. The highest BCUT2D eigenvalue weighted by molar-refractivity contribution is 7.89. The van der Waals surface area contributed by atoms with E-state index in [0.29, 0.717) is 11.3 Å². The Kier molecular flexibility index (Phi) is 5.49. The van der Waals surface area contributed by atoms with E-state index in [2.05, 4.69) is 0 Å². The van der Waals surface area contributed by atoms with E-state index in [1.807, 2.05) is 19.9 Å². The third kappa shape index (κ3) is 4.18. The molecule has 2 N–H and O–H groups in total. The van der Waals surface area contributed by atoms with E-state index < -0.39 is 10.0 Å². The highest BCUT2D eigenvalue weighted by Crippen LogP contribution is 2.24. The standard InChI is InChI=1S/C18H22N2O4S/c1-12-5-6-15(11-17(12)24-4)18(21)20(3)13(2)14-7-9-16(10-8-14)25(19,22)23/h5-11,13H,1-4H3,(H2,19,22,23). The van der Waals surface area contributed by atoms with Crippen LogP contribution in [0.1, 0.15) is 34.5 Å². The Balaban J connectivity index is 2.24. The van der Waals surface area contributed by atoms with Gasteiger partial charge in [-0.1, -0.05) is 18.2 Å². The number of carbonyl (C=O) groups is 1. The van der Waals surface area contributed by atoms with Crippen molar-refractivity contribution < 1.29 is 17.9 Å². The van der Waals surface area contributed by atoms with Gasteiger partial charge in [0.25, 0.3) is 5.91 Å². The van der Waals surface area contributed by atoms with Crippen molar-refractivity contribution in [2.75, 3.05) is 14.2 Å². The molecule has 0 heterocycles. The van der Waals surface area contributed by atoms with E-state index in [-0.39, 0.29) is 16.8 Å². The van der Waals surface area contributed by atoms with Crippen LogP contribution in [0.4, 0.5) is 0 Å². The number of amides is 1. The molecule has 0 aliphatic rings. The molecule has 2 aromatic carbocycles. The fraction of sp³-hybridized carbons (Fsp3) is 0.278. The van der Waals surface area contributed by atoms with Crippen LogP contribution in [0.3, 0.4) is 0 Å². The third-order valence-corrected chi connectivity index (χ3v) is 5.18. The van der Waals surface area contributed by atoms with Crippen molar-refractivity contribution in [1.29, 1.82) is 0 Å². The molecule has 7 heteroatoms. The first-order chi connectivity index (χ1) is 11.6. The summed E-state index contributed by atoms with van der Waals surface area (Å²) in [5, 5.41) is 5.10. The summed E-state index contributed by atoms with van der Waals surface area (Å²) < 4.78 is 27.9. The van der Waals surface area contributed by atoms with Crippen molar-refractivity contribution in [2.24, 2.45) is 5.14 Å². The smallest absolute Gasteiger partial charge is 0.254 e. The number of nitrogens with two attached hydrogens (primary N) is 1. The first-order valence-electron chi connectivity index (χ1n) is 7.69. The maximum Gasteiger partial charge on any atom is 0.254 e. The fourth-order valence-electron chi connectivity index (χ4n) is 2.49. The molecule has 2 rings (SSSR count). The molecule has 0 aliphatic heterocycles. The largest absolute Gasteiger partial charge is 0.496 e. The number of carbonyl (C=O) groups excluding carboxylic acids is 1. The minimum Gasteiger partial charge on any atom is -0.496 e. The molecule has 25 heavy (non-hydrogen) atoms. The number of hydrogen-bond acceptors (Lipinski definition) is 4. The molecule has 1 atom stereocenters. The normalized spacial score (nSPS) is 12.5. The van der Waals surface area contributed by atoms with Gasteiger partial charge in [0, 0.05) is 12.6 Å². The van der Waals surface area contributed by atoms with Crippen LogP contribution in [0.15, 0.2) is 47.4 Å². The van der Waals surface area contributed by atoms with Gasteiger partial charge in [-0.2, -0.15) is 0 Å². The summed E-state index contributed by atoms with van der Waals surface area (Å²) in [5.74, 6) is 0.505. The van der Waals surface area contributed by atoms with Crippen LogP contribution in [0, 0.1) is 6.92 Å². The van der Waals surface area contributed by atoms with Crippen LogP contribution < -0.4 is 9.88 Å². The molecule has 0 spiro atoms. The molecule has 2 aromatic rings. The number of rotatable bonds is 5. The minimum atomic E-state index is -3.73. The number of benzene rings is 2. The SMILES string of the molecule is COc1cc(C(=O)N(C)C(C)c2ccc(S(N)(=O)=O)cc2)ccc1C. The zero-order valence-electron chi connectivity index (χ0n) is 14.7. The van der Waals surface area contributed by atoms with Crippen molar-refractivity contribution in [1.82, 2.24) is 4.90 Å². The molecule has 0 radical (unpaired) electrons. The topological polar surface area (TPSA) is 89.7 Å². The molecule has 0 aromatic heterocycles. The molecule has 0 saturated carbocycles. The van der Waals surface area contributed by atoms with Crippen LogP contribution in [-0.4, -0.2) is 33.4 Å². The van der Waals surface area contributed by atoms with Gasteiger partial charge in [0.15, 0.2) is 0 Å². The number of hydrogen-bond donors (Lipinski definition) is 1. The lowest BCUT2D eigenvalue weighted by Gasteiger charge is -2.26. The Hall–Kier alpha value is -2.38. The molecular formula is C18H22N2O4S. The first-order valence-corrected chi connectivity index (χ1v) is 9.24. The zero-order valence-corrected chi connectivity index (χ0v) is 15.5. The number of sulfonamides is 1. The molecular weight excluding hydrogens is 340 g/mol. The Morgan fingerprint density at radius 2 is 1.76 bits per heavy atom. The van der Waals surface area contributed by atoms with Gasteiger partial charge < -0.3 is 9.64 Å². The maximum absolute atomic E-state index is 12.7. The fourth-order valence-corrected chi connectivity index (χ4v) is 3.01. The van der Waals surface area contributed by atoms with Crippen LogP contribution >= 0.6 is 0 Å². The van der Waals surface area contributed by atoms with E-state index in [4.69, 9.17) is 9.88 Å². The predicted molar refractivity (Wildman–Crippen MR) is 96.1 cm³/mol. The Labute approximate surface area is 148 Å². The van der Waals surface area contributed by atoms with Crippen LogP contribution in [0.5, 0.6) is 5.75 Å². The molecule has 0 aliphatic carbocycles. The van der Waals surface area contributed by atoms with Gasteiger partial charge in [-0.25, -0.2) is 13.6 Å². The second kappa shape index (κ2) is 7.25. The van der Waals surface area contributed by atoms with Crippen molar-refractivity contribution in [3.05, 3.63) is 59.2 Å². The van der Waals surface area contributed by atoms with E-state index >= 15 is 0 Å². The number of nitrogens with zero attached hydrogens (tertiary/aromatic N) is 1. The monoisotopic (exact) mass is 362 g/mol. The van der Waals surface area contributed by atoms with E-state index in [1.165, 1.54) is 12.1 Å². The number of methoxy groups -OCH3 is 1. The molecule has 0 saturated heterocycles. The summed E-state index contributed by atoms with van der Waals surface area (Å²) in [6, 6.07) is 11.3. The average Bonchev–Trinajstić information content (AvgIpc) is 2.59. The summed E-state index contributed by atoms with van der Waals surface area (Å²) >= 11 is 0. The third-order valence-electron chi connectivity index (χ3n) is 4.25. The average molecular weight is 362 g/mol. The summed E-state index contributed by atoms with van der Waals surface area (Å²) in [6.07, 6.45) is 0. The van der Waals surface area contributed by atoms with Crippen molar-refractivity contribution in [3.8, 4) is 5.75 Å². The summed E-state index contributed by atoms with van der Waals surface area (Å²) in [7, 11) is -0.464. The van der Waals surface area contributed by atoms with Gasteiger partial charge in [0.1, 0.15) is 5.75 Å². The van der Waals surface area contributed by atoms with Crippen molar-refractivity contribution in [2.45, 2.75) is 24.8 Å². The van der Waals surface area contributed by atoms with Crippen molar-refractivity contribution >= 4 is 15.9 Å². The molecule has 6 nitrogen and oxygen atoms in total. The summed E-state index contributed by atoms with van der Waals surface area (Å²) in [5.41, 5.74) is 2.29. The summed E-state index contributed by atoms with van der Waals surface area (Å²) in [4.78, 5) is 14.4. The van der Waals surface area contributed by atoms with Gasteiger partial charge >= 0.3 is 0 Å². The van der Waals surface area contributed by atoms with Crippen LogP contribution in [-0.2, 0) is 10.0 Å². The quantitative estimate of drug-likeness (QED) is 0.885. The Morgan fingerprint density at radius 1 is 1.16 bits per heavy atom. The maximum atomic E-state index is 12.7. The van der Waals surface area contributed by atoms with E-state index in [1.54, 1.807) is 43.3 Å². The van der Waals surface area contributed by atoms with Gasteiger partial charge in [-0.15, -0.1) is 0 Å². The van der Waals surface area contributed by atoms with E-state index in [9.17, 15) is 13.2 Å². The first kappa shape index (κ1) is 19.0. The van der Waals surface area contributed by atoms with Gasteiger partial charge in [-0.3, -0.25) is 4.79 Å². The number of ether oxygens (including phenoxy) is 1. The minimum absolute atomic E-state index is 0.0423. The molecule has 0 fully saturated rings. The lowest BCUT2D eigenvalue weighted by Crippen LogP contribution is -2.29. The van der Waals surface area contributed by atoms with Crippen LogP contribution in [0.25, 0.3) is 0 Å². The molecule has 0 bridgehead atoms. The van der Waals surface area contributed by atoms with Crippen LogP contribution in [0.2, 0.25) is 0 Å². The van der Waals surface area contributed by atoms with E-state index in [0.717, 1.165) is 11.1 Å². The molecule has 1 unspecified atom stereocenters. The highest BCUT2D eigenvalue weighted by atomic mass is 32.2. The number of aryl methyl sites for hydroxylation is 1. The molecule has 1 amide bonds. The lowest BCUT2D eigenvalue weighted by atomic mass is 10.1. The predicted octanol–water partition coefficient (Wildman–Crippen LogP) is 2.48. The highest BCUT2D eigenvalue weighted by Gasteiger charge is 2.20. The van der Waals surface area contributed by atoms with Gasteiger partial charge in [0.2, 0.25) is 10.0 Å². The number of primary sulfonamides is 1. The summed E-state index contributed by atoms with van der Waals surface area (Å²) in [6.45, 7) is 3.78. The second-order valence-corrected chi connectivity index (χ2v) is 7.45. The Bertz CT molecular complexity index is 876. The van der Waals surface area contributed by atoms with Gasteiger partial charge in [0.05, 0.1) is 18.0 Å². The second-order valence-electron chi connectivity index (χ2n) is 5.89. The van der Waals surface area contributed by atoms with Gasteiger partial charge in [-0.05, 0) is 49.2 Å². The zero-order chi connectivity index (χ0) is 18.8. The lowest BCUT2D eigenvalue weighted by molar-refractivity contribution is 0.0742. The molecule has 134 valence electrons.